The lowest BCUT2D eigenvalue weighted by Gasteiger charge is -2.18. The summed E-state index contributed by atoms with van der Waals surface area (Å²) in [5, 5.41) is 10.4. The molecule has 0 bridgehead atoms. The largest absolute Gasteiger partial charge is 0.418 e. The first-order valence-corrected chi connectivity index (χ1v) is 11.9. The van der Waals surface area contributed by atoms with Crippen LogP contribution in [0, 0.1) is 0 Å². The van der Waals surface area contributed by atoms with Crippen LogP contribution in [0.3, 0.4) is 0 Å². The number of alkyl halides is 3. The predicted molar refractivity (Wildman–Crippen MR) is 114 cm³/mol. The summed E-state index contributed by atoms with van der Waals surface area (Å²) in [6.07, 6.45) is -3.24. The van der Waals surface area contributed by atoms with Crippen molar-refractivity contribution in [1.29, 1.82) is 0 Å². The second-order valence-corrected chi connectivity index (χ2v) is 9.43. The number of aromatic nitrogens is 3. The van der Waals surface area contributed by atoms with E-state index in [9.17, 15) is 26.4 Å². The molecule has 2 heterocycles. The summed E-state index contributed by atoms with van der Waals surface area (Å²) in [5.74, 6) is -0.921. The van der Waals surface area contributed by atoms with Gasteiger partial charge in [-0.2, -0.15) is 17.5 Å². The molecule has 0 saturated heterocycles. The number of amides is 1. The van der Waals surface area contributed by atoms with Gasteiger partial charge in [0.25, 0.3) is 0 Å². The average Bonchev–Trinajstić information content (AvgIpc) is 3.15. The number of carbonyl (C=O) groups excluding carboxylic acids is 1. The molecule has 0 fully saturated rings. The van der Waals surface area contributed by atoms with Gasteiger partial charge >= 0.3 is 6.18 Å². The number of hydrogen-bond acceptors (Lipinski definition) is 6. The fourth-order valence-corrected chi connectivity index (χ4v) is 5.14. The Kier molecular flexibility index (Phi) is 7.10. The molecule has 2 aromatic heterocycles. The van der Waals surface area contributed by atoms with Gasteiger partial charge in [0.05, 0.1) is 21.9 Å². The molecule has 0 atom stereocenters. The van der Waals surface area contributed by atoms with Crippen LogP contribution in [-0.2, 0) is 21.0 Å². The Balaban J connectivity index is 1.78. The highest BCUT2D eigenvalue weighted by molar-refractivity contribution is 7.99. The van der Waals surface area contributed by atoms with E-state index in [1.165, 1.54) is 45.2 Å². The first-order valence-electron chi connectivity index (χ1n) is 9.51. The first kappa shape index (κ1) is 24.0. The molecule has 0 aliphatic heterocycles. The number of nitrogens with zero attached hydrogens (tertiary/aromatic N) is 4. The van der Waals surface area contributed by atoms with E-state index in [1.807, 2.05) is 0 Å². The summed E-state index contributed by atoms with van der Waals surface area (Å²) in [5.41, 5.74) is -0.921. The lowest BCUT2D eigenvalue weighted by atomic mass is 10.1. The second kappa shape index (κ2) is 9.46. The van der Waals surface area contributed by atoms with Crippen LogP contribution >= 0.6 is 11.8 Å². The molecule has 1 aromatic carbocycles. The first-order chi connectivity index (χ1) is 15.1. The quantitative estimate of drug-likeness (QED) is 0.489. The predicted octanol–water partition coefficient (Wildman–Crippen LogP) is 3.51. The zero-order valence-corrected chi connectivity index (χ0v) is 18.8. The topological polar surface area (TPSA) is 96.7 Å². The van der Waals surface area contributed by atoms with E-state index < -0.39 is 27.7 Å². The summed E-state index contributed by atoms with van der Waals surface area (Å²) in [4.78, 5) is 12.3. The maximum Gasteiger partial charge on any atom is 0.418 e. The third-order valence-electron chi connectivity index (χ3n) is 4.53. The molecule has 0 unspecified atom stereocenters. The standard InChI is InChI=1S/C19H20F3N5O3S2/c1-3-26(4-2)32(29,30)13-9-10-16-24-25-18(27(16)11-13)31-12-17(28)23-15-8-6-5-7-14(15)19(20,21)22/h5-11H,3-4,12H2,1-2H3,(H,23,28). The summed E-state index contributed by atoms with van der Waals surface area (Å²) in [6.45, 7) is 4.07. The van der Waals surface area contributed by atoms with Crippen molar-refractivity contribution in [1.82, 2.24) is 18.9 Å². The number of thioether (sulfide) groups is 1. The molecule has 13 heteroatoms. The van der Waals surface area contributed by atoms with E-state index in [1.54, 1.807) is 13.8 Å². The van der Waals surface area contributed by atoms with Gasteiger partial charge in [0.15, 0.2) is 10.8 Å². The van der Waals surface area contributed by atoms with Gasteiger partial charge < -0.3 is 5.32 Å². The van der Waals surface area contributed by atoms with Crippen LogP contribution in [0.15, 0.2) is 52.6 Å². The monoisotopic (exact) mass is 487 g/mol. The molecule has 1 amide bonds. The summed E-state index contributed by atoms with van der Waals surface area (Å²) in [6, 6.07) is 7.59. The van der Waals surface area contributed by atoms with Crippen LogP contribution in [0.2, 0.25) is 0 Å². The van der Waals surface area contributed by atoms with E-state index in [4.69, 9.17) is 0 Å². The van der Waals surface area contributed by atoms with Gasteiger partial charge in [-0.15, -0.1) is 10.2 Å². The summed E-state index contributed by atoms with van der Waals surface area (Å²) >= 11 is 0.924. The fraction of sp³-hybridized carbons (Fsp3) is 0.316. The normalized spacial score (nSPS) is 12.4. The van der Waals surface area contributed by atoms with Crippen LogP contribution < -0.4 is 5.32 Å². The van der Waals surface area contributed by atoms with Crippen LogP contribution in [0.5, 0.6) is 0 Å². The zero-order valence-electron chi connectivity index (χ0n) is 17.1. The third kappa shape index (κ3) is 5.05. The number of fused-ring (bicyclic) bond motifs is 1. The summed E-state index contributed by atoms with van der Waals surface area (Å²) in [7, 11) is -3.72. The molecule has 0 aliphatic rings. The van der Waals surface area contributed by atoms with Crippen molar-refractivity contribution in [2.45, 2.75) is 30.1 Å². The van der Waals surface area contributed by atoms with Crippen molar-refractivity contribution >= 4 is 39.0 Å². The minimum Gasteiger partial charge on any atom is -0.325 e. The smallest absolute Gasteiger partial charge is 0.325 e. The number of para-hydroxylation sites is 1. The second-order valence-electron chi connectivity index (χ2n) is 6.55. The highest BCUT2D eigenvalue weighted by Crippen LogP contribution is 2.34. The Bertz CT molecular complexity index is 1220. The van der Waals surface area contributed by atoms with Crippen molar-refractivity contribution < 1.29 is 26.4 Å². The maximum atomic E-state index is 13.1. The number of nitrogens with one attached hydrogen (secondary N) is 1. The summed E-state index contributed by atoms with van der Waals surface area (Å²) < 4.78 is 67.5. The van der Waals surface area contributed by atoms with Crippen LogP contribution in [-0.4, -0.2) is 52.1 Å². The van der Waals surface area contributed by atoms with Gasteiger partial charge in [-0.25, -0.2) is 8.42 Å². The number of pyridine rings is 1. The van der Waals surface area contributed by atoms with Gasteiger partial charge in [-0.1, -0.05) is 37.7 Å². The number of sulfonamides is 1. The van der Waals surface area contributed by atoms with Crippen molar-refractivity contribution in [3.05, 3.63) is 48.2 Å². The minimum absolute atomic E-state index is 0.0407. The third-order valence-corrected chi connectivity index (χ3v) is 7.50. The SMILES string of the molecule is CCN(CC)S(=O)(=O)c1ccc2nnc(SCC(=O)Nc3ccccc3C(F)(F)F)n2c1. The number of benzene rings is 1. The number of anilines is 1. The zero-order chi connectivity index (χ0) is 23.5. The van der Waals surface area contributed by atoms with Crippen LogP contribution in [0.1, 0.15) is 19.4 Å². The van der Waals surface area contributed by atoms with Gasteiger partial charge in [-0.3, -0.25) is 9.20 Å². The molecule has 172 valence electrons. The van der Waals surface area contributed by atoms with E-state index in [0.717, 1.165) is 17.8 Å². The van der Waals surface area contributed by atoms with Gasteiger partial charge in [-0.05, 0) is 24.3 Å². The van der Waals surface area contributed by atoms with Gasteiger partial charge in [0.1, 0.15) is 0 Å². The highest BCUT2D eigenvalue weighted by atomic mass is 32.2. The van der Waals surface area contributed by atoms with E-state index in [2.05, 4.69) is 15.5 Å². The van der Waals surface area contributed by atoms with Crippen molar-refractivity contribution in [2.75, 3.05) is 24.2 Å². The number of hydrogen-bond donors (Lipinski definition) is 1. The lowest BCUT2D eigenvalue weighted by molar-refractivity contribution is -0.137. The molecule has 3 aromatic rings. The van der Waals surface area contributed by atoms with Crippen LogP contribution in [0.4, 0.5) is 18.9 Å². The Morgan fingerprint density at radius 2 is 1.81 bits per heavy atom. The maximum absolute atomic E-state index is 13.1. The lowest BCUT2D eigenvalue weighted by Crippen LogP contribution is -2.30. The molecule has 3 rings (SSSR count). The van der Waals surface area contributed by atoms with Crippen LogP contribution in [0.25, 0.3) is 5.65 Å². The number of carbonyl (C=O) groups is 1. The molecular weight excluding hydrogens is 467 g/mol. The van der Waals surface area contributed by atoms with Gasteiger partial charge in [0, 0.05) is 19.3 Å². The molecule has 32 heavy (non-hydrogen) atoms. The Hall–Kier alpha value is -2.64. The van der Waals surface area contributed by atoms with Gasteiger partial charge in [0.2, 0.25) is 15.9 Å². The van der Waals surface area contributed by atoms with Crippen molar-refractivity contribution in [3.8, 4) is 0 Å². The minimum atomic E-state index is -4.60. The van der Waals surface area contributed by atoms with Crippen molar-refractivity contribution in [3.63, 3.8) is 0 Å². The fourth-order valence-electron chi connectivity index (χ4n) is 2.97. The Labute approximate surface area is 186 Å². The number of halogens is 3. The molecular formula is C19H20F3N5O3S2. The Morgan fingerprint density at radius 1 is 1.12 bits per heavy atom. The molecule has 8 nitrogen and oxygen atoms in total. The van der Waals surface area contributed by atoms with E-state index in [0.29, 0.717) is 18.7 Å². The highest BCUT2D eigenvalue weighted by Gasteiger charge is 2.33. The van der Waals surface area contributed by atoms with E-state index in [-0.39, 0.29) is 21.5 Å². The molecule has 0 saturated carbocycles. The molecule has 0 spiro atoms. The van der Waals surface area contributed by atoms with Crippen molar-refractivity contribution in [2.24, 2.45) is 0 Å². The molecule has 0 aliphatic carbocycles. The Morgan fingerprint density at radius 3 is 2.47 bits per heavy atom. The molecule has 0 radical (unpaired) electrons. The number of rotatable bonds is 8. The average molecular weight is 488 g/mol. The molecule has 1 N–H and O–H groups in total. The van der Waals surface area contributed by atoms with E-state index >= 15 is 0 Å².